The van der Waals surface area contributed by atoms with Crippen LogP contribution in [0.4, 0.5) is 10.1 Å². The highest BCUT2D eigenvalue weighted by molar-refractivity contribution is 5.97. The molecule has 0 amide bonds. The van der Waals surface area contributed by atoms with Crippen LogP contribution in [-0.4, -0.2) is 12.8 Å². The van der Waals surface area contributed by atoms with Gasteiger partial charge in [-0.3, -0.25) is 4.79 Å². The maximum Gasteiger partial charge on any atom is 0.165 e. The van der Waals surface area contributed by atoms with E-state index in [4.69, 9.17) is 0 Å². The number of anilines is 1. The zero-order valence-corrected chi connectivity index (χ0v) is 8.60. The molecule has 0 saturated carbocycles. The molecule has 1 rings (SSSR count). The van der Waals surface area contributed by atoms with Crippen molar-refractivity contribution in [3.8, 4) is 0 Å². The summed E-state index contributed by atoms with van der Waals surface area (Å²) >= 11 is 0. The monoisotopic (exact) mass is 195 g/mol. The topological polar surface area (TPSA) is 29.1 Å². The molecule has 0 saturated heterocycles. The fourth-order valence-corrected chi connectivity index (χ4v) is 1.20. The highest BCUT2D eigenvalue weighted by atomic mass is 19.1. The Morgan fingerprint density at radius 3 is 2.50 bits per heavy atom. The van der Waals surface area contributed by atoms with E-state index < -0.39 is 0 Å². The van der Waals surface area contributed by atoms with Crippen LogP contribution in [0.5, 0.6) is 0 Å². The molecule has 0 spiro atoms. The summed E-state index contributed by atoms with van der Waals surface area (Å²) < 4.78 is 13.3. The first-order valence-electron chi connectivity index (χ1n) is 4.57. The Kier molecular flexibility index (Phi) is 3.23. The van der Waals surface area contributed by atoms with E-state index in [0.717, 1.165) is 0 Å². The van der Waals surface area contributed by atoms with Gasteiger partial charge in [0.15, 0.2) is 5.78 Å². The average Bonchev–Trinajstić information content (AvgIpc) is 2.16. The summed E-state index contributed by atoms with van der Waals surface area (Å²) in [7, 11) is 1.64. The Morgan fingerprint density at radius 1 is 1.43 bits per heavy atom. The number of hydrogen-bond donors (Lipinski definition) is 1. The number of hydrogen-bond acceptors (Lipinski definition) is 2. The predicted molar refractivity (Wildman–Crippen MR) is 55.1 cm³/mol. The Morgan fingerprint density at radius 2 is 2.07 bits per heavy atom. The van der Waals surface area contributed by atoms with Gasteiger partial charge in [0, 0.05) is 18.5 Å². The van der Waals surface area contributed by atoms with E-state index in [2.05, 4.69) is 5.32 Å². The molecular weight excluding hydrogens is 181 g/mol. The molecule has 0 fully saturated rings. The molecule has 0 unspecified atom stereocenters. The lowest BCUT2D eigenvalue weighted by Crippen LogP contribution is -2.08. The number of ketones is 1. The van der Waals surface area contributed by atoms with E-state index >= 15 is 0 Å². The van der Waals surface area contributed by atoms with E-state index in [-0.39, 0.29) is 17.5 Å². The molecule has 0 atom stereocenters. The predicted octanol–water partition coefficient (Wildman–Crippen LogP) is 2.71. The van der Waals surface area contributed by atoms with Crippen LogP contribution in [0, 0.1) is 11.7 Å². The van der Waals surface area contributed by atoms with E-state index in [9.17, 15) is 9.18 Å². The fourth-order valence-electron chi connectivity index (χ4n) is 1.20. The summed E-state index contributed by atoms with van der Waals surface area (Å²) in [4.78, 5) is 11.5. The molecule has 3 heteroatoms. The van der Waals surface area contributed by atoms with Crippen molar-refractivity contribution in [1.82, 2.24) is 0 Å². The SMILES string of the molecule is CNc1ccc(C(=O)C(C)C)cc1F. The standard InChI is InChI=1S/C11H14FNO/c1-7(2)11(14)8-4-5-10(13-3)9(12)6-8/h4-7,13H,1-3H3. The Balaban J connectivity index is 3.03. The second-order valence-electron chi connectivity index (χ2n) is 3.46. The largest absolute Gasteiger partial charge is 0.386 e. The maximum atomic E-state index is 13.3. The van der Waals surface area contributed by atoms with Crippen LogP contribution in [0.3, 0.4) is 0 Å². The Hall–Kier alpha value is -1.38. The van der Waals surface area contributed by atoms with Crippen LogP contribution in [0.15, 0.2) is 18.2 Å². The van der Waals surface area contributed by atoms with Gasteiger partial charge in [0.25, 0.3) is 0 Å². The van der Waals surface area contributed by atoms with Crippen LogP contribution in [0.2, 0.25) is 0 Å². The normalized spacial score (nSPS) is 10.4. The van der Waals surface area contributed by atoms with Crippen LogP contribution in [0.25, 0.3) is 0 Å². The van der Waals surface area contributed by atoms with Gasteiger partial charge in [-0.2, -0.15) is 0 Å². The third-order valence-electron chi connectivity index (χ3n) is 2.05. The highest BCUT2D eigenvalue weighted by Crippen LogP contribution is 2.17. The lowest BCUT2D eigenvalue weighted by Gasteiger charge is -2.06. The average molecular weight is 195 g/mol. The molecule has 1 N–H and O–H groups in total. The Labute approximate surface area is 83.1 Å². The fraction of sp³-hybridized carbons (Fsp3) is 0.364. The second kappa shape index (κ2) is 4.22. The number of benzene rings is 1. The molecule has 0 heterocycles. The third kappa shape index (κ3) is 2.10. The van der Waals surface area contributed by atoms with E-state index in [0.29, 0.717) is 11.3 Å². The summed E-state index contributed by atoms with van der Waals surface area (Å²) in [6.45, 7) is 3.60. The van der Waals surface area contributed by atoms with Crippen molar-refractivity contribution in [2.24, 2.45) is 5.92 Å². The first kappa shape index (κ1) is 10.7. The van der Waals surface area contributed by atoms with Crippen molar-refractivity contribution in [2.45, 2.75) is 13.8 Å². The highest BCUT2D eigenvalue weighted by Gasteiger charge is 2.12. The molecule has 0 radical (unpaired) electrons. The van der Waals surface area contributed by atoms with Gasteiger partial charge < -0.3 is 5.32 Å². The van der Waals surface area contributed by atoms with Gasteiger partial charge in [-0.15, -0.1) is 0 Å². The molecule has 76 valence electrons. The number of rotatable bonds is 3. The van der Waals surface area contributed by atoms with E-state index in [1.807, 2.05) is 0 Å². The number of halogens is 1. The van der Waals surface area contributed by atoms with Gasteiger partial charge in [0.2, 0.25) is 0 Å². The second-order valence-corrected chi connectivity index (χ2v) is 3.46. The third-order valence-corrected chi connectivity index (χ3v) is 2.05. The van der Waals surface area contributed by atoms with Crippen LogP contribution < -0.4 is 5.32 Å². The minimum absolute atomic E-state index is 0.0356. The van der Waals surface area contributed by atoms with E-state index in [1.165, 1.54) is 6.07 Å². The summed E-state index contributed by atoms with van der Waals surface area (Å²) in [5.41, 5.74) is 0.835. The van der Waals surface area contributed by atoms with Gasteiger partial charge >= 0.3 is 0 Å². The van der Waals surface area contributed by atoms with Crippen molar-refractivity contribution in [3.05, 3.63) is 29.6 Å². The molecule has 14 heavy (non-hydrogen) atoms. The smallest absolute Gasteiger partial charge is 0.165 e. The van der Waals surface area contributed by atoms with Gasteiger partial charge in [0.05, 0.1) is 5.69 Å². The first-order valence-corrected chi connectivity index (χ1v) is 4.57. The maximum absolute atomic E-state index is 13.3. The number of carbonyl (C=O) groups excluding carboxylic acids is 1. The molecule has 1 aromatic carbocycles. The van der Waals surface area contributed by atoms with Crippen molar-refractivity contribution in [2.75, 3.05) is 12.4 Å². The molecule has 1 aromatic rings. The molecule has 0 bridgehead atoms. The number of Topliss-reactive ketones (excluding diaryl/α,β-unsaturated/α-hetero) is 1. The van der Waals surface area contributed by atoms with Crippen LogP contribution in [0.1, 0.15) is 24.2 Å². The summed E-state index contributed by atoms with van der Waals surface area (Å²) in [6, 6.07) is 4.48. The number of carbonyl (C=O) groups is 1. The van der Waals surface area contributed by atoms with Crippen molar-refractivity contribution in [3.63, 3.8) is 0 Å². The molecule has 2 nitrogen and oxygen atoms in total. The van der Waals surface area contributed by atoms with Gasteiger partial charge in [-0.25, -0.2) is 4.39 Å². The molecule has 0 aliphatic rings. The molecular formula is C11H14FNO. The first-order chi connectivity index (χ1) is 6.56. The lowest BCUT2D eigenvalue weighted by atomic mass is 10.0. The molecule has 0 aliphatic carbocycles. The van der Waals surface area contributed by atoms with E-state index in [1.54, 1.807) is 33.0 Å². The van der Waals surface area contributed by atoms with Gasteiger partial charge in [0.1, 0.15) is 5.82 Å². The van der Waals surface area contributed by atoms with Crippen molar-refractivity contribution >= 4 is 11.5 Å². The summed E-state index contributed by atoms with van der Waals surface area (Å²) in [6.07, 6.45) is 0. The Bertz CT molecular complexity index is 347. The van der Waals surface area contributed by atoms with Gasteiger partial charge in [-0.05, 0) is 18.2 Å². The summed E-state index contributed by atoms with van der Waals surface area (Å²) in [5.74, 6) is -0.527. The minimum Gasteiger partial charge on any atom is -0.386 e. The molecule has 0 aromatic heterocycles. The number of nitrogens with one attached hydrogen (secondary N) is 1. The zero-order chi connectivity index (χ0) is 10.7. The quantitative estimate of drug-likeness (QED) is 0.751. The zero-order valence-electron chi connectivity index (χ0n) is 8.60. The minimum atomic E-state index is -0.390. The molecule has 0 aliphatic heterocycles. The lowest BCUT2D eigenvalue weighted by molar-refractivity contribution is 0.0939. The van der Waals surface area contributed by atoms with Gasteiger partial charge in [-0.1, -0.05) is 13.8 Å². The van der Waals surface area contributed by atoms with Crippen molar-refractivity contribution in [1.29, 1.82) is 0 Å². The van der Waals surface area contributed by atoms with Crippen molar-refractivity contribution < 1.29 is 9.18 Å². The van der Waals surface area contributed by atoms with Crippen LogP contribution >= 0.6 is 0 Å². The summed E-state index contributed by atoms with van der Waals surface area (Å²) in [5, 5.41) is 2.70. The van der Waals surface area contributed by atoms with Crippen LogP contribution in [-0.2, 0) is 0 Å².